The maximum Gasteiger partial charge on any atom is 0.190 e. The van der Waals surface area contributed by atoms with Crippen molar-refractivity contribution in [2.75, 3.05) is 0 Å². The summed E-state index contributed by atoms with van der Waals surface area (Å²) in [5, 5.41) is 23.1. The molecule has 2 saturated carbocycles. The second kappa shape index (κ2) is 10.5. The van der Waals surface area contributed by atoms with Crippen molar-refractivity contribution in [2.45, 2.75) is 66.4 Å². The molecule has 0 amide bonds. The van der Waals surface area contributed by atoms with Gasteiger partial charge in [-0.05, 0) is 71.6 Å². The molecule has 8 nitrogen and oxygen atoms in total. The molecule has 0 heterocycles. The highest BCUT2D eigenvalue weighted by Crippen LogP contribution is 2.64. The van der Waals surface area contributed by atoms with Crippen molar-refractivity contribution in [1.82, 2.24) is 0 Å². The highest BCUT2D eigenvalue weighted by Gasteiger charge is 2.76. The first-order valence-electron chi connectivity index (χ1n) is 15.1. The van der Waals surface area contributed by atoms with Crippen molar-refractivity contribution in [3.63, 3.8) is 0 Å². The Morgan fingerprint density at radius 2 is 1.73 bits per heavy atom. The van der Waals surface area contributed by atoms with Crippen molar-refractivity contribution in [2.24, 2.45) is 34.5 Å². The third-order valence-corrected chi connectivity index (χ3v) is 10.3. The van der Waals surface area contributed by atoms with Crippen molar-refractivity contribution in [3.05, 3.63) is 59.2 Å². The first-order chi connectivity index (χ1) is 20.5. The molecule has 44 heavy (non-hydrogen) atoms. The number of aromatic hydroxyl groups is 1. The smallest absolute Gasteiger partial charge is 0.190 e. The Bertz CT molecular complexity index is 1680. The number of carbonyl (C=O) groups excluding carboxylic acids is 6. The molecule has 0 saturated heterocycles. The summed E-state index contributed by atoms with van der Waals surface area (Å²) in [6.07, 6.45) is 3.73. The number of phenols is 1. The van der Waals surface area contributed by atoms with Gasteiger partial charge in [-0.25, -0.2) is 0 Å². The first-order valence-corrected chi connectivity index (χ1v) is 15.1. The molecular weight excluding hydrogens is 560 g/mol. The minimum Gasteiger partial charge on any atom is -0.507 e. The van der Waals surface area contributed by atoms with Gasteiger partial charge in [-0.3, -0.25) is 28.8 Å². The van der Waals surface area contributed by atoms with Crippen LogP contribution in [0.3, 0.4) is 0 Å². The van der Waals surface area contributed by atoms with Crippen molar-refractivity contribution < 1.29 is 39.0 Å². The molecule has 2 N–H and O–H groups in total. The number of phenolic OH excluding ortho intramolecular Hbond substituents is 1. The molecule has 2 aromatic rings. The van der Waals surface area contributed by atoms with E-state index in [1.54, 1.807) is 46.8 Å². The van der Waals surface area contributed by atoms with E-state index in [2.05, 4.69) is 0 Å². The summed E-state index contributed by atoms with van der Waals surface area (Å²) in [5.41, 5.74) is -2.78. The Morgan fingerprint density at radius 3 is 2.34 bits per heavy atom. The van der Waals surface area contributed by atoms with E-state index in [-0.39, 0.29) is 29.9 Å². The van der Waals surface area contributed by atoms with E-state index < -0.39 is 69.0 Å². The van der Waals surface area contributed by atoms with E-state index in [1.807, 2.05) is 24.3 Å². The second-order valence-electron chi connectivity index (χ2n) is 13.6. The fraction of sp³-hybridized carbons (Fsp3) is 0.444. The number of allylic oxidation sites excluding steroid dienone is 1. The van der Waals surface area contributed by atoms with Crippen LogP contribution in [-0.4, -0.2) is 50.5 Å². The van der Waals surface area contributed by atoms with Gasteiger partial charge in [0.25, 0.3) is 0 Å². The van der Waals surface area contributed by atoms with E-state index in [9.17, 15) is 39.0 Å². The Morgan fingerprint density at radius 1 is 1.05 bits per heavy atom. The minimum atomic E-state index is -2.73. The van der Waals surface area contributed by atoms with E-state index in [1.165, 1.54) is 12.1 Å². The summed E-state index contributed by atoms with van der Waals surface area (Å²) >= 11 is 0. The zero-order chi connectivity index (χ0) is 32.5. The predicted molar refractivity (Wildman–Crippen MR) is 163 cm³/mol. The lowest BCUT2D eigenvalue weighted by atomic mass is 9.40. The highest BCUT2D eigenvalue weighted by molar-refractivity contribution is 6.32. The Kier molecular flexibility index (Phi) is 7.52. The highest BCUT2D eigenvalue weighted by atomic mass is 16.3. The maximum atomic E-state index is 14.4. The van der Waals surface area contributed by atoms with Crippen molar-refractivity contribution >= 4 is 40.8 Å². The number of hydrogen-bond donors (Lipinski definition) is 2. The number of benzene rings is 2. The van der Waals surface area contributed by atoms with Gasteiger partial charge in [-0.2, -0.15) is 0 Å². The molecule has 0 spiro atoms. The number of aliphatic hydroxyl groups is 1. The van der Waals surface area contributed by atoms with E-state index >= 15 is 0 Å². The number of Topliss-reactive ketones (excluding diaryl/α,β-unsaturated/α-hetero) is 5. The number of hydrogen-bond acceptors (Lipinski definition) is 8. The third kappa shape index (κ3) is 4.29. The summed E-state index contributed by atoms with van der Waals surface area (Å²) in [7, 11) is 0. The van der Waals surface area contributed by atoms with Gasteiger partial charge < -0.3 is 10.2 Å². The fourth-order valence-corrected chi connectivity index (χ4v) is 8.52. The number of ketones is 6. The van der Waals surface area contributed by atoms with Gasteiger partial charge in [0.15, 0.2) is 34.5 Å². The molecule has 0 radical (unpaired) electrons. The molecule has 0 aromatic heterocycles. The predicted octanol–water partition coefficient (Wildman–Crippen LogP) is 4.75. The lowest BCUT2D eigenvalue weighted by Gasteiger charge is -2.61. The standard InChI is InChI=1S/C36H38O8/c1-7-22(38)12-11-20-9-8-10-21(15-20)23-13-14-25(39)27-24(23)16-34(5)17-35(6)28(18(2)3)30(40)26(19(4)37)32(42)36(35,44)33(43)29(34)31(27)41/h8-15,18,26,28-29,39,44H,7,16-17H2,1-6H3/b12-11+/t26?,28?,29?,34-,35-,36+/m1/s1. The Labute approximate surface area is 256 Å². The molecule has 3 unspecified atom stereocenters. The quantitative estimate of drug-likeness (QED) is 0.358. The first kappa shape index (κ1) is 31.4. The van der Waals surface area contributed by atoms with Crippen LogP contribution in [0.4, 0.5) is 0 Å². The number of fused-ring (bicyclic) bond motifs is 3. The lowest BCUT2D eigenvalue weighted by Crippen LogP contribution is -2.76. The van der Waals surface area contributed by atoms with Crippen LogP contribution in [0.2, 0.25) is 0 Å². The van der Waals surface area contributed by atoms with Gasteiger partial charge in [-0.1, -0.05) is 65.0 Å². The van der Waals surface area contributed by atoms with Gasteiger partial charge in [0.05, 0.1) is 11.5 Å². The molecule has 3 aliphatic rings. The van der Waals surface area contributed by atoms with Gasteiger partial charge in [0, 0.05) is 17.8 Å². The average Bonchev–Trinajstić information content (AvgIpc) is 2.93. The van der Waals surface area contributed by atoms with Crippen molar-refractivity contribution in [3.8, 4) is 16.9 Å². The van der Waals surface area contributed by atoms with Crippen LogP contribution in [-0.2, 0) is 30.4 Å². The van der Waals surface area contributed by atoms with Gasteiger partial charge in [-0.15, -0.1) is 0 Å². The van der Waals surface area contributed by atoms with E-state index in [0.29, 0.717) is 17.5 Å². The molecule has 2 aromatic carbocycles. The molecule has 2 fully saturated rings. The molecule has 0 aliphatic heterocycles. The van der Waals surface area contributed by atoms with Crippen LogP contribution in [0.25, 0.3) is 17.2 Å². The lowest BCUT2D eigenvalue weighted by molar-refractivity contribution is -0.205. The third-order valence-electron chi connectivity index (χ3n) is 10.3. The molecule has 8 heteroatoms. The zero-order valence-electron chi connectivity index (χ0n) is 25.9. The fourth-order valence-electron chi connectivity index (χ4n) is 8.52. The molecule has 6 atom stereocenters. The molecular formula is C36H38O8. The summed E-state index contributed by atoms with van der Waals surface area (Å²) < 4.78 is 0. The summed E-state index contributed by atoms with van der Waals surface area (Å²) in [6, 6.07) is 10.5. The molecule has 3 aliphatic carbocycles. The van der Waals surface area contributed by atoms with E-state index in [0.717, 1.165) is 18.1 Å². The minimum absolute atomic E-state index is 0.0138. The second-order valence-corrected chi connectivity index (χ2v) is 13.6. The van der Waals surface area contributed by atoms with Crippen LogP contribution < -0.4 is 0 Å². The van der Waals surface area contributed by atoms with Crippen LogP contribution in [0.1, 0.15) is 75.9 Å². The summed E-state index contributed by atoms with van der Waals surface area (Å²) in [6.45, 7) is 9.70. The number of carbonyl (C=O) groups is 6. The van der Waals surface area contributed by atoms with Crippen LogP contribution in [0.5, 0.6) is 5.75 Å². The van der Waals surface area contributed by atoms with Gasteiger partial charge >= 0.3 is 0 Å². The van der Waals surface area contributed by atoms with Gasteiger partial charge in [0.1, 0.15) is 17.5 Å². The van der Waals surface area contributed by atoms with Gasteiger partial charge in [0.2, 0.25) is 0 Å². The van der Waals surface area contributed by atoms with Crippen LogP contribution >= 0.6 is 0 Å². The molecule has 230 valence electrons. The largest absolute Gasteiger partial charge is 0.507 e. The summed E-state index contributed by atoms with van der Waals surface area (Å²) in [4.78, 5) is 80.6. The topological polar surface area (TPSA) is 143 Å². The van der Waals surface area contributed by atoms with E-state index in [4.69, 9.17) is 0 Å². The Balaban J connectivity index is 1.69. The normalized spacial score (nSPS) is 31.6. The maximum absolute atomic E-state index is 14.4. The van der Waals surface area contributed by atoms with Crippen LogP contribution in [0.15, 0.2) is 42.5 Å². The zero-order valence-corrected chi connectivity index (χ0v) is 25.9. The molecule has 0 bridgehead atoms. The van der Waals surface area contributed by atoms with Crippen LogP contribution in [0, 0.1) is 34.5 Å². The molecule has 5 rings (SSSR count). The number of rotatable bonds is 6. The SMILES string of the molecule is CCC(=O)/C=C/c1cccc(-c2ccc(O)c3c2C[C@]2(C)C[C@]4(C)C(C(C)C)C(=O)C(C(C)=O)C(=O)[C@]4(O)C(=O)C2C3=O)c1. The monoisotopic (exact) mass is 598 g/mol. The average molecular weight is 599 g/mol. The Hall–Kier alpha value is -4.04. The van der Waals surface area contributed by atoms with Crippen molar-refractivity contribution in [1.29, 1.82) is 0 Å². The summed E-state index contributed by atoms with van der Waals surface area (Å²) in [5.74, 6) is -9.24.